The van der Waals surface area contributed by atoms with Crippen LogP contribution in [0.1, 0.15) is 36.7 Å². The number of carbonyl (C=O) groups excluding carboxylic acids is 1. The lowest BCUT2D eigenvalue weighted by Gasteiger charge is -2.27. The fraction of sp³-hybridized carbons (Fsp3) is 0.471. The molecule has 24 heavy (non-hydrogen) atoms. The molecule has 1 N–H and O–H groups in total. The molecule has 3 rings (SSSR count). The topological polar surface area (TPSA) is 70.2 Å². The molecule has 1 aliphatic rings. The number of sulfone groups is 1. The number of carbonyl (C=O) groups is 1. The van der Waals surface area contributed by atoms with Crippen LogP contribution in [-0.2, 0) is 9.84 Å². The molecule has 130 valence electrons. The van der Waals surface area contributed by atoms with Gasteiger partial charge in [-0.15, -0.1) is 0 Å². The summed E-state index contributed by atoms with van der Waals surface area (Å²) in [6, 6.07) is 7.00. The van der Waals surface area contributed by atoms with Crippen molar-refractivity contribution in [1.29, 1.82) is 0 Å². The van der Waals surface area contributed by atoms with E-state index in [0.717, 1.165) is 23.7 Å². The number of amides is 1. The van der Waals surface area contributed by atoms with Gasteiger partial charge in [-0.05, 0) is 31.0 Å². The Morgan fingerprint density at radius 2 is 2.17 bits per heavy atom. The Kier molecular flexibility index (Phi) is 4.88. The molecule has 1 saturated heterocycles. The average Bonchev–Trinajstić information content (AvgIpc) is 3.10. The second-order valence-electron chi connectivity index (χ2n) is 6.32. The van der Waals surface area contributed by atoms with Crippen molar-refractivity contribution in [2.75, 3.05) is 18.1 Å². The Balaban J connectivity index is 1.89. The van der Waals surface area contributed by atoms with Gasteiger partial charge >= 0.3 is 0 Å². The number of unbranched alkanes of at least 4 members (excludes halogenated alkanes) is 1. The summed E-state index contributed by atoms with van der Waals surface area (Å²) in [7, 11) is -3.03. The third kappa shape index (κ3) is 3.59. The molecule has 1 aromatic heterocycles. The van der Waals surface area contributed by atoms with E-state index in [4.69, 9.17) is 11.6 Å². The van der Waals surface area contributed by atoms with E-state index in [2.05, 4.69) is 11.9 Å². The first kappa shape index (κ1) is 17.3. The zero-order valence-electron chi connectivity index (χ0n) is 13.6. The Morgan fingerprint density at radius 1 is 1.38 bits per heavy atom. The van der Waals surface area contributed by atoms with Crippen LogP contribution in [-0.4, -0.2) is 48.3 Å². The highest BCUT2D eigenvalue weighted by molar-refractivity contribution is 7.91. The predicted molar refractivity (Wildman–Crippen MR) is 96.3 cm³/mol. The maximum atomic E-state index is 13.0. The first-order chi connectivity index (χ1) is 11.4. The molecule has 2 aromatic rings. The largest absolute Gasteiger partial charge is 0.350 e. The van der Waals surface area contributed by atoms with Crippen LogP contribution in [0.25, 0.3) is 10.9 Å². The highest BCUT2D eigenvalue weighted by Crippen LogP contribution is 2.24. The maximum absolute atomic E-state index is 13.0. The fourth-order valence-corrected chi connectivity index (χ4v) is 5.07. The molecule has 7 heteroatoms. The molecule has 1 unspecified atom stereocenters. The Labute approximate surface area is 146 Å². The van der Waals surface area contributed by atoms with Gasteiger partial charge in [0.2, 0.25) is 0 Å². The molecule has 1 amide bonds. The van der Waals surface area contributed by atoms with Gasteiger partial charge in [0.15, 0.2) is 9.84 Å². The average molecular weight is 369 g/mol. The molecule has 0 aliphatic carbocycles. The summed E-state index contributed by atoms with van der Waals surface area (Å²) in [6.07, 6.45) is 2.32. The second kappa shape index (κ2) is 6.76. The van der Waals surface area contributed by atoms with Crippen LogP contribution in [0.15, 0.2) is 24.3 Å². The predicted octanol–water partition coefficient (Wildman–Crippen LogP) is 3.25. The Hall–Kier alpha value is -1.53. The minimum Gasteiger partial charge on any atom is -0.350 e. The third-order valence-electron chi connectivity index (χ3n) is 4.48. The van der Waals surface area contributed by atoms with Crippen LogP contribution in [0, 0.1) is 0 Å². The summed E-state index contributed by atoms with van der Waals surface area (Å²) in [4.78, 5) is 17.8. The van der Waals surface area contributed by atoms with Gasteiger partial charge in [0, 0.05) is 28.5 Å². The number of fused-ring (bicyclic) bond motifs is 1. The minimum atomic E-state index is -3.03. The van der Waals surface area contributed by atoms with Crippen LogP contribution >= 0.6 is 11.6 Å². The van der Waals surface area contributed by atoms with Crippen LogP contribution < -0.4 is 0 Å². The number of benzene rings is 1. The maximum Gasteiger partial charge on any atom is 0.270 e. The molecule has 1 aliphatic heterocycles. The number of nitrogens with zero attached hydrogens (tertiary/aromatic N) is 1. The highest BCUT2D eigenvalue weighted by Gasteiger charge is 2.35. The third-order valence-corrected chi connectivity index (χ3v) is 6.46. The summed E-state index contributed by atoms with van der Waals surface area (Å²) in [5.41, 5.74) is 1.29. The van der Waals surface area contributed by atoms with Crippen LogP contribution in [0.5, 0.6) is 0 Å². The number of halogens is 1. The van der Waals surface area contributed by atoms with Crippen molar-refractivity contribution in [1.82, 2.24) is 9.88 Å². The van der Waals surface area contributed by atoms with Gasteiger partial charge in [0.1, 0.15) is 5.69 Å². The lowest BCUT2D eigenvalue weighted by molar-refractivity contribution is 0.0689. The normalized spacial score (nSPS) is 19.7. The van der Waals surface area contributed by atoms with Crippen molar-refractivity contribution >= 4 is 38.2 Å². The molecule has 0 radical (unpaired) electrons. The summed E-state index contributed by atoms with van der Waals surface area (Å²) in [5.74, 6) is 0.0857. The Bertz CT molecular complexity index is 860. The minimum absolute atomic E-state index is 0.0640. The van der Waals surface area contributed by atoms with Crippen LogP contribution in [0.2, 0.25) is 5.02 Å². The Morgan fingerprint density at radius 3 is 2.83 bits per heavy atom. The molecule has 2 heterocycles. The van der Waals surface area contributed by atoms with E-state index >= 15 is 0 Å². The summed E-state index contributed by atoms with van der Waals surface area (Å²) in [5, 5.41) is 1.52. The van der Waals surface area contributed by atoms with E-state index < -0.39 is 9.84 Å². The zero-order valence-corrected chi connectivity index (χ0v) is 15.2. The molecule has 0 spiro atoms. The van der Waals surface area contributed by atoms with E-state index in [1.807, 2.05) is 6.07 Å². The van der Waals surface area contributed by atoms with Crippen molar-refractivity contribution in [3.05, 3.63) is 35.0 Å². The van der Waals surface area contributed by atoms with E-state index in [1.54, 1.807) is 23.1 Å². The van der Waals surface area contributed by atoms with Crippen molar-refractivity contribution in [2.45, 2.75) is 32.2 Å². The van der Waals surface area contributed by atoms with E-state index in [-0.39, 0.29) is 23.5 Å². The number of aromatic nitrogens is 1. The molecular formula is C17H21ClN2O3S. The first-order valence-electron chi connectivity index (χ1n) is 8.19. The zero-order chi connectivity index (χ0) is 17.3. The monoisotopic (exact) mass is 368 g/mol. The van der Waals surface area contributed by atoms with Gasteiger partial charge in [-0.3, -0.25) is 4.79 Å². The summed E-state index contributed by atoms with van der Waals surface area (Å²) in [6.45, 7) is 2.63. The van der Waals surface area contributed by atoms with Gasteiger partial charge < -0.3 is 9.88 Å². The lowest BCUT2D eigenvalue weighted by atomic mass is 10.1. The van der Waals surface area contributed by atoms with Gasteiger partial charge in [-0.2, -0.15) is 0 Å². The smallest absolute Gasteiger partial charge is 0.270 e. The van der Waals surface area contributed by atoms with E-state index in [1.165, 1.54) is 0 Å². The standard InChI is InChI=1S/C17H21ClN2O3S/c1-2-3-7-20(14-6-8-24(22,23)11-14)17(21)16-9-12-4-5-13(18)10-15(12)19-16/h4-5,9-10,14,19H,2-3,6-8,11H2,1H3. The molecule has 5 nitrogen and oxygen atoms in total. The van der Waals surface area contributed by atoms with E-state index in [9.17, 15) is 13.2 Å². The van der Waals surface area contributed by atoms with Crippen molar-refractivity contribution in [2.24, 2.45) is 0 Å². The molecule has 0 bridgehead atoms. The first-order valence-corrected chi connectivity index (χ1v) is 10.4. The highest BCUT2D eigenvalue weighted by atomic mass is 35.5. The number of rotatable bonds is 5. The van der Waals surface area contributed by atoms with Gasteiger partial charge in [-0.25, -0.2) is 8.42 Å². The summed E-state index contributed by atoms with van der Waals surface area (Å²) >= 11 is 5.99. The SMILES string of the molecule is CCCCN(C(=O)c1cc2ccc(Cl)cc2[nH]1)C1CCS(=O)(=O)C1. The van der Waals surface area contributed by atoms with Gasteiger partial charge in [0.05, 0.1) is 11.5 Å². The molecule has 0 saturated carbocycles. The molecular weight excluding hydrogens is 348 g/mol. The van der Waals surface area contributed by atoms with Crippen molar-refractivity contribution < 1.29 is 13.2 Å². The van der Waals surface area contributed by atoms with Gasteiger partial charge in [0.25, 0.3) is 5.91 Å². The van der Waals surface area contributed by atoms with Crippen LogP contribution in [0.4, 0.5) is 0 Å². The number of hydrogen-bond acceptors (Lipinski definition) is 3. The fourth-order valence-electron chi connectivity index (χ4n) is 3.17. The molecule has 1 fully saturated rings. The quantitative estimate of drug-likeness (QED) is 0.880. The number of aromatic amines is 1. The number of H-pyrrole nitrogens is 1. The van der Waals surface area contributed by atoms with Crippen molar-refractivity contribution in [3.8, 4) is 0 Å². The lowest BCUT2D eigenvalue weighted by Crippen LogP contribution is -2.41. The molecule has 1 atom stereocenters. The summed E-state index contributed by atoms with van der Waals surface area (Å²) < 4.78 is 23.6. The number of nitrogens with one attached hydrogen (secondary N) is 1. The molecule has 1 aromatic carbocycles. The van der Waals surface area contributed by atoms with Gasteiger partial charge in [-0.1, -0.05) is 31.0 Å². The van der Waals surface area contributed by atoms with Crippen molar-refractivity contribution in [3.63, 3.8) is 0 Å². The van der Waals surface area contributed by atoms with E-state index in [0.29, 0.717) is 23.7 Å². The second-order valence-corrected chi connectivity index (χ2v) is 8.99. The number of hydrogen-bond donors (Lipinski definition) is 1. The van der Waals surface area contributed by atoms with Crippen LogP contribution in [0.3, 0.4) is 0 Å².